The maximum Gasteiger partial charge on any atom is 0.296 e. The van der Waals surface area contributed by atoms with Crippen molar-refractivity contribution < 1.29 is 17.3 Å². The second-order valence-corrected chi connectivity index (χ2v) is 6.48. The van der Waals surface area contributed by atoms with E-state index in [1.165, 1.54) is 6.42 Å². The second kappa shape index (κ2) is 6.50. The van der Waals surface area contributed by atoms with Crippen molar-refractivity contribution in [1.82, 2.24) is 0 Å². The Bertz CT molecular complexity index is 489. The Morgan fingerprint density at radius 1 is 1.16 bits per heavy atom. The van der Waals surface area contributed by atoms with Crippen LogP contribution in [0, 0.1) is 6.92 Å². The van der Waals surface area contributed by atoms with Crippen molar-refractivity contribution >= 4 is 10.1 Å². The molecule has 106 valence electrons. The zero-order valence-electron chi connectivity index (χ0n) is 11.2. The summed E-state index contributed by atoms with van der Waals surface area (Å²) >= 11 is 0. The third-order valence-corrected chi connectivity index (χ3v) is 4.57. The Labute approximate surface area is 114 Å². The fourth-order valence-electron chi connectivity index (χ4n) is 1.79. The highest BCUT2D eigenvalue weighted by atomic mass is 32.2. The van der Waals surface area contributed by atoms with E-state index in [1.54, 1.807) is 24.3 Å². The Kier molecular flexibility index (Phi) is 4.96. The lowest BCUT2D eigenvalue weighted by atomic mass is 9.96. The van der Waals surface area contributed by atoms with E-state index in [0.29, 0.717) is 19.1 Å². The van der Waals surface area contributed by atoms with Gasteiger partial charge in [-0.2, -0.15) is 8.42 Å². The lowest BCUT2D eigenvalue weighted by molar-refractivity contribution is -0.00199. The number of ether oxygens (including phenoxy) is 1. The minimum absolute atomic E-state index is 0.170. The number of aryl methyl sites for hydroxylation is 1. The van der Waals surface area contributed by atoms with E-state index in [0.717, 1.165) is 18.4 Å². The molecule has 1 saturated carbocycles. The Balaban J connectivity index is 1.72. The third kappa shape index (κ3) is 4.30. The molecule has 0 radical (unpaired) electrons. The summed E-state index contributed by atoms with van der Waals surface area (Å²) < 4.78 is 34.2. The van der Waals surface area contributed by atoms with Crippen LogP contribution in [0.4, 0.5) is 0 Å². The monoisotopic (exact) mass is 284 g/mol. The molecule has 0 spiro atoms. The van der Waals surface area contributed by atoms with E-state index in [2.05, 4.69) is 0 Å². The van der Waals surface area contributed by atoms with Crippen molar-refractivity contribution in [2.75, 3.05) is 13.2 Å². The van der Waals surface area contributed by atoms with Gasteiger partial charge in [0.15, 0.2) is 0 Å². The van der Waals surface area contributed by atoms with Crippen molar-refractivity contribution in [3.8, 4) is 0 Å². The molecule has 0 saturated heterocycles. The molecule has 0 aliphatic heterocycles. The van der Waals surface area contributed by atoms with Gasteiger partial charge in [0.1, 0.15) is 0 Å². The molecule has 0 amide bonds. The van der Waals surface area contributed by atoms with Crippen molar-refractivity contribution in [1.29, 1.82) is 0 Å². The molecule has 0 heterocycles. The first-order valence-electron chi connectivity index (χ1n) is 6.66. The molecule has 0 bridgehead atoms. The number of benzene rings is 1. The molecule has 0 atom stereocenters. The van der Waals surface area contributed by atoms with Gasteiger partial charge in [0.25, 0.3) is 10.1 Å². The molecule has 0 aromatic heterocycles. The summed E-state index contributed by atoms with van der Waals surface area (Å²) in [5, 5.41) is 0. The topological polar surface area (TPSA) is 52.6 Å². The molecule has 0 unspecified atom stereocenters. The van der Waals surface area contributed by atoms with Crippen LogP contribution in [0.25, 0.3) is 0 Å². The van der Waals surface area contributed by atoms with Crippen molar-refractivity contribution in [2.24, 2.45) is 0 Å². The SMILES string of the molecule is Cc1ccc(S(=O)(=O)OCCCOC2CCC2)cc1. The Morgan fingerprint density at radius 3 is 2.42 bits per heavy atom. The minimum atomic E-state index is -3.62. The average Bonchev–Trinajstić information content (AvgIpc) is 2.32. The Morgan fingerprint density at radius 2 is 1.84 bits per heavy atom. The number of hydrogen-bond acceptors (Lipinski definition) is 4. The van der Waals surface area contributed by atoms with Gasteiger partial charge in [-0.1, -0.05) is 17.7 Å². The maximum absolute atomic E-state index is 11.8. The summed E-state index contributed by atoms with van der Waals surface area (Å²) in [4.78, 5) is 0.206. The van der Waals surface area contributed by atoms with Gasteiger partial charge in [-0.3, -0.25) is 4.18 Å². The van der Waals surface area contributed by atoms with Gasteiger partial charge in [0.05, 0.1) is 17.6 Å². The first kappa shape index (κ1) is 14.5. The quantitative estimate of drug-likeness (QED) is 0.570. The smallest absolute Gasteiger partial charge is 0.296 e. The van der Waals surface area contributed by atoms with E-state index in [1.807, 2.05) is 6.92 Å². The zero-order chi connectivity index (χ0) is 13.7. The van der Waals surface area contributed by atoms with Crippen molar-refractivity contribution in [3.05, 3.63) is 29.8 Å². The van der Waals surface area contributed by atoms with E-state index in [-0.39, 0.29) is 11.5 Å². The van der Waals surface area contributed by atoms with Crippen LogP contribution in [0.5, 0.6) is 0 Å². The van der Waals surface area contributed by atoms with E-state index < -0.39 is 10.1 Å². The van der Waals surface area contributed by atoms with E-state index >= 15 is 0 Å². The van der Waals surface area contributed by atoms with Crippen LogP contribution in [0.1, 0.15) is 31.2 Å². The van der Waals surface area contributed by atoms with Gasteiger partial charge in [0, 0.05) is 6.61 Å². The van der Waals surface area contributed by atoms with Gasteiger partial charge in [-0.25, -0.2) is 0 Å². The van der Waals surface area contributed by atoms with Gasteiger partial charge >= 0.3 is 0 Å². The average molecular weight is 284 g/mol. The molecule has 1 fully saturated rings. The molecule has 1 aromatic carbocycles. The normalized spacial score (nSPS) is 16.3. The summed E-state index contributed by atoms with van der Waals surface area (Å²) in [5.41, 5.74) is 1.02. The van der Waals surface area contributed by atoms with Gasteiger partial charge in [0.2, 0.25) is 0 Å². The summed E-state index contributed by atoms with van der Waals surface area (Å²) in [6.07, 6.45) is 4.48. The highest BCUT2D eigenvalue weighted by molar-refractivity contribution is 7.86. The van der Waals surface area contributed by atoms with E-state index in [9.17, 15) is 8.42 Å². The molecule has 0 N–H and O–H groups in total. The van der Waals surface area contributed by atoms with E-state index in [4.69, 9.17) is 8.92 Å². The summed E-state index contributed by atoms with van der Waals surface area (Å²) in [7, 11) is -3.62. The fourth-order valence-corrected chi connectivity index (χ4v) is 2.73. The highest BCUT2D eigenvalue weighted by Crippen LogP contribution is 2.21. The standard InChI is InChI=1S/C14H20O4S/c1-12-6-8-14(9-7-12)19(15,16)18-11-3-10-17-13-4-2-5-13/h6-9,13H,2-5,10-11H2,1H3. The van der Waals surface area contributed by atoms with Crippen LogP contribution in [-0.2, 0) is 19.0 Å². The predicted molar refractivity (Wildman–Crippen MR) is 72.5 cm³/mol. The lowest BCUT2D eigenvalue weighted by Crippen LogP contribution is -2.22. The lowest BCUT2D eigenvalue weighted by Gasteiger charge is -2.25. The first-order valence-corrected chi connectivity index (χ1v) is 8.06. The van der Waals surface area contributed by atoms with Crippen LogP contribution in [-0.4, -0.2) is 27.7 Å². The van der Waals surface area contributed by atoms with Crippen LogP contribution in [0.2, 0.25) is 0 Å². The van der Waals surface area contributed by atoms with Gasteiger partial charge in [-0.05, 0) is 44.7 Å². The largest absolute Gasteiger partial charge is 0.378 e. The summed E-state index contributed by atoms with van der Waals surface area (Å²) in [5.74, 6) is 0. The summed E-state index contributed by atoms with van der Waals surface area (Å²) in [6.45, 7) is 2.64. The molecular formula is C14H20O4S. The van der Waals surface area contributed by atoms with Crippen LogP contribution in [0.3, 0.4) is 0 Å². The third-order valence-electron chi connectivity index (χ3n) is 3.24. The Hall–Kier alpha value is -0.910. The number of rotatable bonds is 7. The summed E-state index contributed by atoms with van der Waals surface area (Å²) in [6, 6.07) is 6.65. The van der Waals surface area contributed by atoms with Gasteiger partial charge < -0.3 is 4.74 Å². The molecular weight excluding hydrogens is 264 g/mol. The van der Waals surface area contributed by atoms with Crippen LogP contribution in [0.15, 0.2) is 29.2 Å². The van der Waals surface area contributed by atoms with Crippen LogP contribution >= 0.6 is 0 Å². The molecule has 4 nitrogen and oxygen atoms in total. The highest BCUT2D eigenvalue weighted by Gasteiger charge is 2.18. The zero-order valence-corrected chi connectivity index (χ0v) is 12.0. The van der Waals surface area contributed by atoms with Gasteiger partial charge in [-0.15, -0.1) is 0 Å². The molecule has 5 heteroatoms. The molecule has 2 rings (SSSR count). The predicted octanol–water partition coefficient (Wildman–Crippen LogP) is 2.66. The second-order valence-electron chi connectivity index (χ2n) is 4.87. The van der Waals surface area contributed by atoms with Crippen molar-refractivity contribution in [2.45, 2.75) is 43.6 Å². The first-order chi connectivity index (χ1) is 9.08. The molecule has 1 aliphatic rings. The molecule has 1 aromatic rings. The van der Waals surface area contributed by atoms with Crippen molar-refractivity contribution in [3.63, 3.8) is 0 Å². The number of hydrogen-bond donors (Lipinski definition) is 0. The maximum atomic E-state index is 11.8. The minimum Gasteiger partial charge on any atom is -0.378 e. The fraction of sp³-hybridized carbons (Fsp3) is 0.571. The molecule has 19 heavy (non-hydrogen) atoms. The molecule has 1 aliphatic carbocycles. The van der Waals surface area contributed by atoms with Crippen LogP contribution < -0.4 is 0 Å².